The smallest absolute Gasteiger partial charge is 0.310 e. The van der Waals surface area contributed by atoms with Crippen LogP contribution in [0.5, 0.6) is 0 Å². The molecule has 1 aromatic rings. The first-order valence-corrected chi connectivity index (χ1v) is 7.18. The number of esters is 1. The number of carbonyl (C=O) groups excluding carboxylic acids is 2. The van der Waals surface area contributed by atoms with Gasteiger partial charge in [0.15, 0.2) is 0 Å². The first kappa shape index (κ1) is 14.9. The molecule has 20 heavy (non-hydrogen) atoms. The molecule has 1 atom stereocenters. The van der Waals surface area contributed by atoms with Crippen LogP contribution in [0.2, 0.25) is 5.02 Å². The second-order valence-electron chi connectivity index (χ2n) is 5.00. The van der Waals surface area contributed by atoms with Crippen LogP contribution in [0, 0.1) is 5.92 Å². The Morgan fingerprint density at radius 3 is 2.85 bits per heavy atom. The number of likely N-dealkylation sites (tertiary alicyclic amines) is 1. The summed E-state index contributed by atoms with van der Waals surface area (Å²) in [5.41, 5.74) is 0.541. The Kier molecular flexibility index (Phi) is 4.70. The van der Waals surface area contributed by atoms with Crippen LogP contribution in [0.15, 0.2) is 12.3 Å². The van der Waals surface area contributed by atoms with E-state index in [1.54, 1.807) is 35.7 Å². The van der Waals surface area contributed by atoms with Crippen LogP contribution < -0.4 is 0 Å². The lowest BCUT2D eigenvalue weighted by Crippen LogP contribution is -2.43. The number of carbonyl (C=O) groups is 2. The molecule has 0 bridgehead atoms. The third-order valence-corrected chi connectivity index (χ3v) is 3.73. The molecule has 1 unspecified atom stereocenters. The maximum Gasteiger partial charge on any atom is 0.310 e. The van der Waals surface area contributed by atoms with Gasteiger partial charge in [-0.2, -0.15) is 0 Å². The summed E-state index contributed by atoms with van der Waals surface area (Å²) in [5, 5.41) is 0.537. The summed E-state index contributed by atoms with van der Waals surface area (Å²) < 4.78 is 6.75. The molecule has 5 nitrogen and oxygen atoms in total. The highest BCUT2D eigenvalue weighted by molar-refractivity contribution is 6.31. The minimum absolute atomic E-state index is 0.0894. The molecule has 6 heteroatoms. The monoisotopic (exact) mass is 298 g/mol. The summed E-state index contributed by atoms with van der Waals surface area (Å²) in [6, 6.07) is 1.65. The Balaban J connectivity index is 2.07. The van der Waals surface area contributed by atoms with Gasteiger partial charge in [-0.15, -0.1) is 0 Å². The van der Waals surface area contributed by atoms with Crippen molar-refractivity contribution in [2.24, 2.45) is 13.0 Å². The van der Waals surface area contributed by atoms with Gasteiger partial charge in [0.25, 0.3) is 5.91 Å². The minimum atomic E-state index is -0.219. The van der Waals surface area contributed by atoms with Crippen molar-refractivity contribution in [2.45, 2.75) is 19.8 Å². The maximum atomic E-state index is 12.5. The topological polar surface area (TPSA) is 51.5 Å². The van der Waals surface area contributed by atoms with Crippen molar-refractivity contribution < 1.29 is 14.3 Å². The Morgan fingerprint density at radius 2 is 2.25 bits per heavy atom. The molecular weight excluding hydrogens is 280 g/mol. The molecule has 0 aromatic carbocycles. The normalized spacial score (nSPS) is 18.9. The summed E-state index contributed by atoms with van der Waals surface area (Å²) >= 11 is 5.90. The van der Waals surface area contributed by atoms with Gasteiger partial charge in [0, 0.05) is 26.3 Å². The standard InChI is InChI=1S/C14H19ClN2O3/c1-3-20-14(19)10-5-4-6-17(8-10)13(18)12-7-11(15)9-16(12)2/h7,9-10H,3-6,8H2,1-2H3. The lowest BCUT2D eigenvalue weighted by Gasteiger charge is -2.31. The summed E-state index contributed by atoms with van der Waals surface area (Å²) in [4.78, 5) is 25.9. The second-order valence-corrected chi connectivity index (χ2v) is 5.43. The fourth-order valence-corrected chi connectivity index (χ4v) is 2.76. The van der Waals surface area contributed by atoms with Gasteiger partial charge in [0.1, 0.15) is 5.69 Å². The van der Waals surface area contributed by atoms with Gasteiger partial charge >= 0.3 is 5.97 Å². The van der Waals surface area contributed by atoms with Crippen LogP contribution in [0.1, 0.15) is 30.3 Å². The average molecular weight is 299 g/mol. The zero-order valence-corrected chi connectivity index (χ0v) is 12.5. The number of aryl methyl sites for hydroxylation is 1. The lowest BCUT2D eigenvalue weighted by atomic mass is 9.98. The highest BCUT2D eigenvalue weighted by atomic mass is 35.5. The molecule has 2 rings (SSSR count). The van der Waals surface area contributed by atoms with E-state index in [2.05, 4.69) is 0 Å². The van der Waals surface area contributed by atoms with Crippen LogP contribution in [-0.4, -0.2) is 41.0 Å². The van der Waals surface area contributed by atoms with Gasteiger partial charge in [-0.3, -0.25) is 9.59 Å². The molecule has 1 saturated heterocycles. The molecule has 0 saturated carbocycles. The van der Waals surface area contributed by atoms with Crippen LogP contribution >= 0.6 is 11.6 Å². The van der Waals surface area contributed by atoms with E-state index in [9.17, 15) is 9.59 Å². The molecule has 0 spiro atoms. The van der Waals surface area contributed by atoms with E-state index in [0.29, 0.717) is 30.4 Å². The van der Waals surface area contributed by atoms with E-state index in [-0.39, 0.29) is 17.8 Å². The van der Waals surface area contributed by atoms with E-state index in [1.165, 1.54) is 0 Å². The number of hydrogen-bond donors (Lipinski definition) is 0. The minimum Gasteiger partial charge on any atom is -0.466 e. The van der Waals surface area contributed by atoms with Crippen molar-refractivity contribution in [1.82, 2.24) is 9.47 Å². The first-order valence-electron chi connectivity index (χ1n) is 6.80. The molecule has 1 aliphatic heterocycles. The predicted molar refractivity (Wildman–Crippen MR) is 75.7 cm³/mol. The SMILES string of the molecule is CCOC(=O)C1CCCN(C(=O)c2cc(Cl)cn2C)C1. The molecule has 0 radical (unpaired) electrons. The van der Waals surface area contributed by atoms with E-state index < -0.39 is 0 Å². The number of nitrogens with zero attached hydrogens (tertiary/aromatic N) is 2. The third kappa shape index (κ3) is 3.15. The van der Waals surface area contributed by atoms with Gasteiger partial charge in [-0.25, -0.2) is 0 Å². The van der Waals surface area contributed by atoms with Crippen LogP contribution in [0.4, 0.5) is 0 Å². The number of hydrogen-bond acceptors (Lipinski definition) is 3. The quantitative estimate of drug-likeness (QED) is 0.803. The molecule has 1 aliphatic rings. The zero-order chi connectivity index (χ0) is 14.7. The van der Waals surface area contributed by atoms with Crippen LogP contribution in [-0.2, 0) is 16.6 Å². The van der Waals surface area contributed by atoms with E-state index in [4.69, 9.17) is 16.3 Å². The highest BCUT2D eigenvalue weighted by Crippen LogP contribution is 2.21. The third-order valence-electron chi connectivity index (χ3n) is 3.52. The van der Waals surface area contributed by atoms with Gasteiger partial charge in [-0.1, -0.05) is 11.6 Å². The molecular formula is C14H19ClN2O3. The molecule has 1 aromatic heterocycles. The number of aromatic nitrogens is 1. The number of halogens is 1. The van der Waals surface area contributed by atoms with Crippen molar-refractivity contribution >= 4 is 23.5 Å². The Morgan fingerprint density at radius 1 is 1.50 bits per heavy atom. The van der Waals surface area contributed by atoms with Gasteiger partial charge in [0.2, 0.25) is 0 Å². The van der Waals surface area contributed by atoms with Crippen molar-refractivity contribution in [1.29, 1.82) is 0 Å². The van der Waals surface area contributed by atoms with Crippen molar-refractivity contribution in [3.05, 3.63) is 23.0 Å². The van der Waals surface area contributed by atoms with E-state index >= 15 is 0 Å². The zero-order valence-electron chi connectivity index (χ0n) is 11.8. The van der Waals surface area contributed by atoms with Gasteiger partial charge in [-0.05, 0) is 25.8 Å². The number of rotatable bonds is 3. The summed E-state index contributed by atoms with van der Waals surface area (Å²) in [5.74, 6) is -0.522. The Labute approximate surface area is 123 Å². The first-order chi connectivity index (χ1) is 9.52. The van der Waals surface area contributed by atoms with Gasteiger partial charge in [0.05, 0.1) is 17.5 Å². The van der Waals surface area contributed by atoms with Crippen LogP contribution in [0.25, 0.3) is 0 Å². The fraction of sp³-hybridized carbons (Fsp3) is 0.571. The molecule has 0 N–H and O–H groups in total. The largest absolute Gasteiger partial charge is 0.466 e. The van der Waals surface area contributed by atoms with Crippen LogP contribution in [0.3, 0.4) is 0 Å². The number of ether oxygens (including phenoxy) is 1. The Hall–Kier alpha value is -1.49. The van der Waals surface area contributed by atoms with Crippen molar-refractivity contribution in [3.8, 4) is 0 Å². The molecule has 2 heterocycles. The fourth-order valence-electron chi connectivity index (χ4n) is 2.51. The Bertz CT molecular complexity index is 513. The lowest BCUT2D eigenvalue weighted by molar-refractivity contribution is -0.149. The summed E-state index contributed by atoms with van der Waals surface area (Å²) in [7, 11) is 1.78. The number of amides is 1. The predicted octanol–water partition coefficient (Wildman–Crippen LogP) is 2.09. The molecule has 110 valence electrons. The molecule has 1 fully saturated rings. The number of piperidine rings is 1. The van der Waals surface area contributed by atoms with Crippen molar-refractivity contribution in [2.75, 3.05) is 19.7 Å². The molecule has 1 amide bonds. The van der Waals surface area contributed by atoms with Crippen molar-refractivity contribution in [3.63, 3.8) is 0 Å². The summed E-state index contributed by atoms with van der Waals surface area (Å²) in [6.07, 6.45) is 3.28. The second kappa shape index (κ2) is 6.31. The summed E-state index contributed by atoms with van der Waals surface area (Å²) in [6.45, 7) is 3.24. The van der Waals surface area contributed by atoms with E-state index in [1.807, 2.05) is 0 Å². The highest BCUT2D eigenvalue weighted by Gasteiger charge is 2.30. The maximum absolute atomic E-state index is 12.5. The van der Waals surface area contributed by atoms with Gasteiger partial charge < -0.3 is 14.2 Å². The van der Waals surface area contributed by atoms with E-state index in [0.717, 1.165) is 12.8 Å². The average Bonchev–Trinajstić information content (AvgIpc) is 2.77. The molecule has 0 aliphatic carbocycles.